The van der Waals surface area contributed by atoms with Crippen molar-refractivity contribution >= 4 is 0 Å². The third kappa shape index (κ3) is 5.54. The molecule has 3 heteroatoms. The molecule has 1 aliphatic heterocycles. The molecule has 0 aromatic carbocycles. The minimum absolute atomic E-state index is 0.0705. The Morgan fingerprint density at radius 3 is 2.57 bits per heavy atom. The van der Waals surface area contributed by atoms with Crippen molar-refractivity contribution in [2.45, 2.75) is 83.3 Å². The van der Waals surface area contributed by atoms with E-state index in [0.717, 1.165) is 32.2 Å². The van der Waals surface area contributed by atoms with Gasteiger partial charge in [0.15, 0.2) is 0 Å². The van der Waals surface area contributed by atoms with E-state index in [0.29, 0.717) is 6.10 Å². The van der Waals surface area contributed by atoms with Gasteiger partial charge < -0.3 is 14.8 Å². The number of likely N-dealkylation sites (N-methyl/N-ethyl adjacent to an activating group) is 1. The van der Waals surface area contributed by atoms with Crippen LogP contribution in [0.25, 0.3) is 0 Å². The maximum atomic E-state index is 6.45. The second kappa shape index (κ2) is 9.12. The maximum absolute atomic E-state index is 6.45. The highest BCUT2D eigenvalue weighted by Gasteiger charge is 2.36. The number of rotatable bonds is 8. The van der Waals surface area contributed by atoms with Crippen LogP contribution < -0.4 is 5.32 Å². The monoisotopic (exact) mass is 297 g/mol. The standard InChI is InChI=1S/C18H35NO2/c1-3-7-16-9-11-18(12-10-16,15-19-4-2)21-14-17-8-5-6-13-20-17/h16-17,19H,3-15H2,1-2H3. The molecule has 0 radical (unpaired) electrons. The zero-order chi connectivity index (χ0) is 15.0. The molecular formula is C18H35NO2. The molecular weight excluding hydrogens is 262 g/mol. The van der Waals surface area contributed by atoms with E-state index in [-0.39, 0.29) is 5.60 Å². The van der Waals surface area contributed by atoms with Gasteiger partial charge >= 0.3 is 0 Å². The van der Waals surface area contributed by atoms with E-state index in [9.17, 15) is 0 Å². The first-order chi connectivity index (χ1) is 10.3. The molecule has 1 saturated heterocycles. The summed E-state index contributed by atoms with van der Waals surface area (Å²) in [6.07, 6.45) is 11.9. The fourth-order valence-corrected chi connectivity index (χ4v) is 3.83. The Balaban J connectivity index is 1.81. The van der Waals surface area contributed by atoms with Crippen LogP contribution in [0, 0.1) is 5.92 Å². The second-order valence-electron chi connectivity index (χ2n) is 6.99. The molecule has 2 aliphatic rings. The average Bonchev–Trinajstić information content (AvgIpc) is 2.54. The average molecular weight is 297 g/mol. The van der Waals surface area contributed by atoms with Crippen molar-refractivity contribution in [3.63, 3.8) is 0 Å². The van der Waals surface area contributed by atoms with Crippen molar-refractivity contribution in [1.29, 1.82) is 0 Å². The van der Waals surface area contributed by atoms with Gasteiger partial charge in [-0.15, -0.1) is 0 Å². The van der Waals surface area contributed by atoms with Gasteiger partial charge in [-0.25, -0.2) is 0 Å². The molecule has 124 valence electrons. The quantitative estimate of drug-likeness (QED) is 0.737. The van der Waals surface area contributed by atoms with E-state index in [1.165, 1.54) is 57.8 Å². The van der Waals surface area contributed by atoms with Crippen LogP contribution in [-0.2, 0) is 9.47 Å². The second-order valence-corrected chi connectivity index (χ2v) is 6.99. The van der Waals surface area contributed by atoms with Gasteiger partial charge in [-0.1, -0.05) is 26.7 Å². The number of hydrogen-bond acceptors (Lipinski definition) is 3. The predicted octanol–water partition coefficient (Wildman–Crippen LogP) is 3.91. The molecule has 3 nitrogen and oxygen atoms in total. The van der Waals surface area contributed by atoms with Crippen LogP contribution >= 0.6 is 0 Å². The zero-order valence-electron chi connectivity index (χ0n) is 14.2. The molecule has 0 aromatic heterocycles. The van der Waals surface area contributed by atoms with Gasteiger partial charge in [-0.3, -0.25) is 0 Å². The Hall–Kier alpha value is -0.120. The highest BCUT2D eigenvalue weighted by atomic mass is 16.5. The van der Waals surface area contributed by atoms with Crippen molar-refractivity contribution in [2.75, 3.05) is 26.3 Å². The fourth-order valence-electron chi connectivity index (χ4n) is 3.83. The van der Waals surface area contributed by atoms with E-state index < -0.39 is 0 Å². The van der Waals surface area contributed by atoms with Crippen molar-refractivity contribution in [1.82, 2.24) is 5.32 Å². The van der Waals surface area contributed by atoms with Crippen LogP contribution in [0.5, 0.6) is 0 Å². The first-order valence-electron chi connectivity index (χ1n) is 9.24. The minimum Gasteiger partial charge on any atom is -0.376 e. The SMILES string of the molecule is CCCC1CCC(CNCC)(OCC2CCCCO2)CC1. The molecule has 1 aliphatic carbocycles. The number of ether oxygens (including phenoxy) is 2. The van der Waals surface area contributed by atoms with Crippen LogP contribution in [0.15, 0.2) is 0 Å². The Morgan fingerprint density at radius 1 is 1.14 bits per heavy atom. The van der Waals surface area contributed by atoms with E-state index in [1.54, 1.807) is 0 Å². The maximum Gasteiger partial charge on any atom is 0.0808 e. The molecule has 0 bridgehead atoms. The predicted molar refractivity (Wildman–Crippen MR) is 87.7 cm³/mol. The molecule has 2 fully saturated rings. The summed E-state index contributed by atoms with van der Waals surface area (Å²) in [4.78, 5) is 0. The van der Waals surface area contributed by atoms with Crippen LogP contribution in [0.2, 0.25) is 0 Å². The Morgan fingerprint density at radius 2 is 1.95 bits per heavy atom. The smallest absolute Gasteiger partial charge is 0.0808 e. The fraction of sp³-hybridized carbons (Fsp3) is 1.00. The van der Waals surface area contributed by atoms with Gasteiger partial charge in [-0.2, -0.15) is 0 Å². The highest BCUT2D eigenvalue weighted by Crippen LogP contribution is 2.37. The van der Waals surface area contributed by atoms with Gasteiger partial charge in [0, 0.05) is 13.2 Å². The summed E-state index contributed by atoms with van der Waals surface area (Å²) in [5, 5.41) is 3.53. The largest absolute Gasteiger partial charge is 0.376 e. The van der Waals surface area contributed by atoms with Crippen molar-refractivity contribution < 1.29 is 9.47 Å². The number of nitrogens with one attached hydrogen (secondary N) is 1. The lowest BCUT2D eigenvalue weighted by Gasteiger charge is -2.41. The summed E-state index contributed by atoms with van der Waals surface area (Å²) < 4.78 is 12.3. The summed E-state index contributed by atoms with van der Waals surface area (Å²) in [5.74, 6) is 0.930. The molecule has 1 saturated carbocycles. The Kier molecular flexibility index (Phi) is 7.48. The van der Waals surface area contributed by atoms with Crippen LogP contribution in [0.1, 0.15) is 71.6 Å². The Labute approximate surface area is 131 Å². The summed E-state index contributed by atoms with van der Waals surface area (Å²) >= 11 is 0. The number of hydrogen-bond donors (Lipinski definition) is 1. The lowest BCUT2D eigenvalue weighted by molar-refractivity contribution is -0.124. The lowest BCUT2D eigenvalue weighted by Crippen LogP contribution is -2.47. The summed E-state index contributed by atoms with van der Waals surface area (Å²) in [6.45, 7) is 8.24. The van der Waals surface area contributed by atoms with Crippen molar-refractivity contribution in [2.24, 2.45) is 5.92 Å². The summed E-state index contributed by atoms with van der Waals surface area (Å²) in [6, 6.07) is 0. The molecule has 0 aromatic rings. The van der Waals surface area contributed by atoms with E-state index in [1.807, 2.05) is 0 Å². The first-order valence-corrected chi connectivity index (χ1v) is 9.24. The third-order valence-electron chi connectivity index (χ3n) is 5.26. The molecule has 1 unspecified atom stereocenters. The van der Waals surface area contributed by atoms with Gasteiger partial charge in [0.25, 0.3) is 0 Å². The van der Waals surface area contributed by atoms with Crippen LogP contribution in [0.3, 0.4) is 0 Å². The first kappa shape index (κ1) is 17.2. The summed E-state index contributed by atoms with van der Waals surface area (Å²) in [5.41, 5.74) is 0.0705. The van der Waals surface area contributed by atoms with Crippen molar-refractivity contribution in [3.05, 3.63) is 0 Å². The minimum atomic E-state index is 0.0705. The van der Waals surface area contributed by atoms with Crippen LogP contribution in [-0.4, -0.2) is 38.0 Å². The molecule has 1 atom stereocenters. The molecule has 1 N–H and O–H groups in total. The van der Waals surface area contributed by atoms with Gasteiger partial charge in [0.2, 0.25) is 0 Å². The topological polar surface area (TPSA) is 30.5 Å². The van der Waals surface area contributed by atoms with Crippen molar-refractivity contribution in [3.8, 4) is 0 Å². The highest BCUT2D eigenvalue weighted by molar-refractivity contribution is 4.89. The van der Waals surface area contributed by atoms with E-state index >= 15 is 0 Å². The molecule has 21 heavy (non-hydrogen) atoms. The Bertz CT molecular complexity index is 268. The van der Waals surface area contributed by atoms with E-state index in [2.05, 4.69) is 19.2 Å². The van der Waals surface area contributed by atoms with Gasteiger partial charge in [0.05, 0.1) is 18.3 Å². The molecule has 0 amide bonds. The lowest BCUT2D eigenvalue weighted by atomic mass is 9.77. The molecule has 1 heterocycles. The van der Waals surface area contributed by atoms with Crippen LogP contribution in [0.4, 0.5) is 0 Å². The van der Waals surface area contributed by atoms with Gasteiger partial charge in [0.1, 0.15) is 0 Å². The van der Waals surface area contributed by atoms with E-state index in [4.69, 9.17) is 9.47 Å². The third-order valence-corrected chi connectivity index (χ3v) is 5.26. The normalized spacial score (nSPS) is 34.0. The molecule has 2 rings (SSSR count). The summed E-state index contributed by atoms with van der Waals surface area (Å²) in [7, 11) is 0. The molecule has 0 spiro atoms. The zero-order valence-corrected chi connectivity index (χ0v) is 14.2. The van der Waals surface area contributed by atoms with Gasteiger partial charge in [-0.05, 0) is 57.4 Å².